The number of rotatable bonds is 3. The Balaban J connectivity index is 1.96. The SMILES string of the molecule is Clc1ccc(OCc2cnc(Br)[nH]2)cc1. The second kappa shape index (κ2) is 4.68. The molecule has 1 aromatic heterocycles. The van der Waals surface area contributed by atoms with E-state index in [0.717, 1.165) is 11.4 Å². The topological polar surface area (TPSA) is 37.9 Å². The molecule has 0 aliphatic heterocycles. The number of halogens is 2. The van der Waals surface area contributed by atoms with Crippen LogP contribution < -0.4 is 4.74 Å². The summed E-state index contributed by atoms with van der Waals surface area (Å²) in [6, 6.07) is 7.24. The normalized spacial score (nSPS) is 10.3. The molecule has 0 saturated carbocycles. The van der Waals surface area contributed by atoms with E-state index >= 15 is 0 Å². The third kappa shape index (κ3) is 2.97. The van der Waals surface area contributed by atoms with E-state index in [1.807, 2.05) is 12.1 Å². The maximum atomic E-state index is 5.75. The van der Waals surface area contributed by atoms with Gasteiger partial charge in [0.2, 0.25) is 0 Å². The zero-order valence-electron chi connectivity index (χ0n) is 7.71. The van der Waals surface area contributed by atoms with Crippen molar-refractivity contribution >= 4 is 27.5 Å². The molecule has 15 heavy (non-hydrogen) atoms. The van der Waals surface area contributed by atoms with E-state index < -0.39 is 0 Å². The molecule has 1 aromatic carbocycles. The zero-order chi connectivity index (χ0) is 10.7. The minimum absolute atomic E-state index is 0.459. The third-order valence-corrected chi connectivity index (χ3v) is 2.46. The summed E-state index contributed by atoms with van der Waals surface area (Å²) in [6.45, 7) is 0.459. The highest BCUT2D eigenvalue weighted by molar-refractivity contribution is 9.10. The van der Waals surface area contributed by atoms with Crippen molar-refractivity contribution in [1.82, 2.24) is 9.97 Å². The number of ether oxygens (including phenoxy) is 1. The van der Waals surface area contributed by atoms with Gasteiger partial charge in [0.15, 0.2) is 4.73 Å². The molecule has 2 rings (SSSR count). The van der Waals surface area contributed by atoms with Gasteiger partial charge < -0.3 is 9.72 Å². The van der Waals surface area contributed by atoms with Gasteiger partial charge in [-0.15, -0.1) is 0 Å². The summed E-state index contributed by atoms with van der Waals surface area (Å²) in [7, 11) is 0. The summed E-state index contributed by atoms with van der Waals surface area (Å²) in [4.78, 5) is 7.02. The summed E-state index contributed by atoms with van der Waals surface area (Å²) in [6.07, 6.45) is 1.72. The third-order valence-electron chi connectivity index (χ3n) is 1.81. The predicted molar refractivity (Wildman–Crippen MR) is 62.1 cm³/mol. The number of nitrogens with zero attached hydrogens (tertiary/aromatic N) is 1. The zero-order valence-corrected chi connectivity index (χ0v) is 10.0. The fraction of sp³-hybridized carbons (Fsp3) is 0.100. The van der Waals surface area contributed by atoms with Crippen LogP contribution in [0.4, 0.5) is 0 Å². The second-order valence-corrected chi connectivity index (χ2v) is 4.13. The summed E-state index contributed by atoms with van der Waals surface area (Å²) in [5.74, 6) is 0.783. The van der Waals surface area contributed by atoms with Crippen molar-refractivity contribution in [3.05, 3.63) is 45.9 Å². The number of imidazole rings is 1. The molecule has 0 fully saturated rings. The molecule has 78 valence electrons. The number of benzene rings is 1. The molecule has 0 aliphatic rings. The van der Waals surface area contributed by atoms with Crippen LogP contribution in [0.15, 0.2) is 35.2 Å². The van der Waals surface area contributed by atoms with Crippen LogP contribution in [-0.2, 0) is 6.61 Å². The maximum absolute atomic E-state index is 5.75. The van der Waals surface area contributed by atoms with E-state index in [1.54, 1.807) is 18.3 Å². The van der Waals surface area contributed by atoms with Crippen molar-refractivity contribution in [3.63, 3.8) is 0 Å². The average Bonchev–Trinajstić information content (AvgIpc) is 2.64. The Morgan fingerprint density at radius 2 is 2.07 bits per heavy atom. The number of aromatic amines is 1. The summed E-state index contributed by atoms with van der Waals surface area (Å²) in [5, 5.41) is 0.701. The van der Waals surface area contributed by atoms with Crippen LogP contribution in [0.2, 0.25) is 5.02 Å². The molecule has 0 bridgehead atoms. The standard InChI is InChI=1S/C10H8BrClN2O/c11-10-13-5-8(14-10)6-15-9-3-1-7(12)2-4-9/h1-5H,6H2,(H,13,14). The lowest BCUT2D eigenvalue weighted by Crippen LogP contribution is -1.95. The van der Waals surface area contributed by atoms with Gasteiger partial charge in [-0.3, -0.25) is 0 Å². The monoisotopic (exact) mass is 286 g/mol. The van der Waals surface area contributed by atoms with E-state index in [0.29, 0.717) is 16.4 Å². The number of aromatic nitrogens is 2. The van der Waals surface area contributed by atoms with Crippen molar-refractivity contribution in [2.45, 2.75) is 6.61 Å². The Hall–Kier alpha value is -1.00. The Bertz CT molecular complexity index is 441. The second-order valence-electron chi connectivity index (χ2n) is 2.94. The summed E-state index contributed by atoms with van der Waals surface area (Å²) >= 11 is 8.98. The first kappa shape index (κ1) is 10.5. The Kier molecular flexibility index (Phi) is 3.28. The van der Waals surface area contributed by atoms with Gasteiger partial charge in [0, 0.05) is 5.02 Å². The molecule has 2 aromatic rings. The molecule has 0 amide bonds. The molecule has 0 radical (unpaired) electrons. The van der Waals surface area contributed by atoms with Gasteiger partial charge in [0.25, 0.3) is 0 Å². The van der Waals surface area contributed by atoms with Crippen LogP contribution in [-0.4, -0.2) is 9.97 Å². The van der Waals surface area contributed by atoms with E-state index in [9.17, 15) is 0 Å². The van der Waals surface area contributed by atoms with Crippen molar-refractivity contribution in [2.24, 2.45) is 0 Å². The van der Waals surface area contributed by atoms with Crippen LogP contribution >= 0.6 is 27.5 Å². The summed E-state index contributed by atoms with van der Waals surface area (Å²) in [5.41, 5.74) is 0.914. The quantitative estimate of drug-likeness (QED) is 0.939. The van der Waals surface area contributed by atoms with E-state index in [4.69, 9.17) is 16.3 Å². The van der Waals surface area contributed by atoms with Crippen LogP contribution in [0.25, 0.3) is 0 Å². The number of H-pyrrole nitrogens is 1. The number of nitrogens with one attached hydrogen (secondary N) is 1. The van der Waals surface area contributed by atoms with Crippen LogP contribution in [0.5, 0.6) is 5.75 Å². The highest BCUT2D eigenvalue weighted by Gasteiger charge is 1.99. The molecular formula is C10H8BrClN2O. The fourth-order valence-electron chi connectivity index (χ4n) is 1.10. The molecule has 1 N–H and O–H groups in total. The van der Waals surface area contributed by atoms with E-state index in [-0.39, 0.29) is 0 Å². The summed E-state index contributed by atoms with van der Waals surface area (Å²) < 4.78 is 6.22. The fourth-order valence-corrected chi connectivity index (χ4v) is 1.58. The first-order valence-corrected chi connectivity index (χ1v) is 5.49. The van der Waals surface area contributed by atoms with Crippen LogP contribution in [0.3, 0.4) is 0 Å². The number of hydrogen-bond acceptors (Lipinski definition) is 2. The molecule has 1 heterocycles. The lowest BCUT2D eigenvalue weighted by molar-refractivity contribution is 0.302. The lowest BCUT2D eigenvalue weighted by atomic mass is 10.3. The predicted octanol–water partition coefficient (Wildman–Crippen LogP) is 3.40. The molecule has 0 saturated heterocycles. The van der Waals surface area contributed by atoms with Gasteiger partial charge in [-0.1, -0.05) is 11.6 Å². The largest absolute Gasteiger partial charge is 0.487 e. The molecule has 0 aliphatic carbocycles. The molecular weight excluding hydrogens is 279 g/mol. The minimum atomic E-state index is 0.459. The smallest absolute Gasteiger partial charge is 0.174 e. The van der Waals surface area contributed by atoms with Gasteiger partial charge in [-0.25, -0.2) is 4.98 Å². The molecule has 0 spiro atoms. The maximum Gasteiger partial charge on any atom is 0.174 e. The molecule has 5 heteroatoms. The van der Waals surface area contributed by atoms with Crippen molar-refractivity contribution in [2.75, 3.05) is 0 Å². The van der Waals surface area contributed by atoms with Gasteiger partial charge in [-0.2, -0.15) is 0 Å². The van der Waals surface area contributed by atoms with Gasteiger partial charge >= 0.3 is 0 Å². The van der Waals surface area contributed by atoms with Crippen molar-refractivity contribution in [3.8, 4) is 5.75 Å². The number of hydrogen-bond donors (Lipinski definition) is 1. The first-order valence-electron chi connectivity index (χ1n) is 4.32. The van der Waals surface area contributed by atoms with Crippen LogP contribution in [0, 0.1) is 0 Å². The first-order chi connectivity index (χ1) is 7.24. The highest BCUT2D eigenvalue weighted by Crippen LogP contribution is 2.16. The Morgan fingerprint density at radius 3 is 2.67 bits per heavy atom. The Labute approximate surface area is 101 Å². The molecule has 3 nitrogen and oxygen atoms in total. The van der Waals surface area contributed by atoms with E-state index in [1.165, 1.54) is 0 Å². The van der Waals surface area contributed by atoms with E-state index in [2.05, 4.69) is 25.9 Å². The van der Waals surface area contributed by atoms with Gasteiger partial charge in [0.1, 0.15) is 12.4 Å². The highest BCUT2D eigenvalue weighted by atomic mass is 79.9. The average molecular weight is 288 g/mol. The van der Waals surface area contributed by atoms with Crippen LogP contribution in [0.1, 0.15) is 5.69 Å². The minimum Gasteiger partial charge on any atom is -0.487 e. The van der Waals surface area contributed by atoms with Gasteiger partial charge in [0.05, 0.1) is 11.9 Å². The van der Waals surface area contributed by atoms with Crippen molar-refractivity contribution in [1.29, 1.82) is 0 Å². The lowest BCUT2D eigenvalue weighted by Gasteiger charge is -2.03. The molecule has 0 unspecified atom stereocenters. The Morgan fingerprint density at radius 1 is 1.33 bits per heavy atom. The van der Waals surface area contributed by atoms with Crippen molar-refractivity contribution < 1.29 is 4.74 Å². The molecule has 0 atom stereocenters. The van der Waals surface area contributed by atoms with Gasteiger partial charge in [-0.05, 0) is 40.2 Å².